The van der Waals surface area contributed by atoms with Gasteiger partial charge in [-0.15, -0.1) is 0 Å². The van der Waals surface area contributed by atoms with Gasteiger partial charge in [-0.25, -0.2) is 4.39 Å². The molecule has 0 heterocycles. The molecule has 0 aromatic heterocycles. The summed E-state index contributed by atoms with van der Waals surface area (Å²) in [5, 5.41) is 21.2. The van der Waals surface area contributed by atoms with E-state index in [1.165, 1.54) is 0 Å². The molecule has 0 spiro atoms. The average Bonchev–Trinajstić information content (AvgIpc) is 3.43. The number of benzene rings is 1. The summed E-state index contributed by atoms with van der Waals surface area (Å²) in [6.45, 7) is 6.84. The van der Waals surface area contributed by atoms with Crippen molar-refractivity contribution in [3.63, 3.8) is 0 Å². The second-order valence-electron chi connectivity index (χ2n) is 11.2. The van der Waals surface area contributed by atoms with Crippen LogP contribution >= 0.6 is 34.8 Å². The van der Waals surface area contributed by atoms with Gasteiger partial charge in [-0.3, -0.25) is 9.59 Å². The highest BCUT2D eigenvalue weighted by molar-refractivity contribution is 6.67. The molecule has 7 atom stereocenters. The van der Waals surface area contributed by atoms with Crippen LogP contribution in [0.3, 0.4) is 0 Å². The lowest BCUT2D eigenvalue weighted by Crippen LogP contribution is -2.48. The molecule has 1 aromatic carbocycles. The van der Waals surface area contributed by atoms with Crippen LogP contribution in [0.1, 0.15) is 58.7 Å². The Morgan fingerprint density at radius 1 is 1.14 bits per heavy atom. The first kappa shape index (κ1) is 30.6. The number of carbonyl (C=O) groups excluding carboxylic acids is 2. The molecule has 37 heavy (non-hydrogen) atoms. The van der Waals surface area contributed by atoms with Gasteiger partial charge in [0, 0.05) is 18.9 Å². The van der Waals surface area contributed by atoms with Crippen LogP contribution in [-0.4, -0.2) is 56.8 Å². The molecule has 0 aliphatic heterocycles. The first-order valence-corrected chi connectivity index (χ1v) is 13.7. The summed E-state index contributed by atoms with van der Waals surface area (Å²) in [7, 11) is 0. The molecule has 0 saturated heterocycles. The highest BCUT2D eigenvalue weighted by Crippen LogP contribution is 2.62. The van der Waals surface area contributed by atoms with Crippen LogP contribution < -0.4 is 0 Å². The predicted molar refractivity (Wildman–Crippen MR) is 140 cm³/mol. The van der Waals surface area contributed by atoms with Crippen molar-refractivity contribution >= 4 is 46.6 Å². The topological polar surface area (TPSA) is 93.1 Å². The van der Waals surface area contributed by atoms with Gasteiger partial charge in [0.15, 0.2) is 6.17 Å². The second kappa shape index (κ2) is 11.6. The number of aliphatic hydroxyl groups is 2. The summed E-state index contributed by atoms with van der Waals surface area (Å²) in [5.74, 6) is -1.10. The van der Waals surface area contributed by atoms with Crippen molar-refractivity contribution in [2.24, 2.45) is 29.1 Å². The maximum absolute atomic E-state index is 14.8. The summed E-state index contributed by atoms with van der Waals surface area (Å²) >= 11 is 17.0. The molecule has 3 rings (SSSR count). The third kappa shape index (κ3) is 6.98. The number of hydrogen-bond acceptors (Lipinski definition) is 6. The van der Waals surface area contributed by atoms with E-state index in [1.54, 1.807) is 58.0 Å². The van der Waals surface area contributed by atoms with E-state index in [0.717, 1.165) is 0 Å². The molecule has 0 amide bonds. The van der Waals surface area contributed by atoms with E-state index in [0.29, 0.717) is 31.4 Å². The number of alkyl halides is 4. The van der Waals surface area contributed by atoms with Crippen molar-refractivity contribution in [1.29, 1.82) is 0 Å². The van der Waals surface area contributed by atoms with E-state index in [9.17, 15) is 24.2 Å². The van der Waals surface area contributed by atoms with E-state index in [-0.39, 0.29) is 36.1 Å². The minimum Gasteiger partial charge on any atom is -0.461 e. The number of ether oxygens (including phenoxy) is 2. The van der Waals surface area contributed by atoms with Crippen molar-refractivity contribution in [1.82, 2.24) is 0 Å². The van der Waals surface area contributed by atoms with E-state index >= 15 is 0 Å². The molecule has 7 unspecified atom stereocenters. The first-order chi connectivity index (χ1) is 17.1. The monoisotopic (exact) mass is 580 g/mol. The Bertz CT molecular complexity index is 951. The number of esters is 1. The van der Waals surface area contributed by atoms with Crippen molar-refractivity contribution < 1.29 is 33.7 Å². The van der Waals surface area contributed by atoms with Crippen LogP contribution in [0.25, 0.3) is 0 Å². The van der Waals surface area contributed by atoms with Gasteiger partial charge in [0.2, 0.25) is 3.79 Å². The van der Waals surface area contributed by atoms with Crippen LogP contribution in [0.2, 0.25) is 0 Å². The van der Waals surface area contributed by atoms with Crippen LogP contribution in [0.5, 0.6) is 0 Å². The predicted octanol–water partition coefficient (Wildman–Crippen LogP) is 5.39. The highest BCUT2D eigenvalue weighted by Gasteiger charge is 2.64. The number of Topliss-reactive ketones (excluding diaryl/α,β-unsaturated/α-hetero) is 1. The van der Waals surface area contributed by atoms with Crippen molar-refractivity contribution in [2.75, 3.05) is 13.2 Å². The molecule has 6 nitrogen and oxygen atoms in total. The van der Waals surface area contributed by atoms with Gasteiger partial charge in [-0.05, 0) is 63.9 Å². The number of aliphatic hydroxyl groups excluding tert-OH is 2. The molecule has 2 saturated carbocycles. The summed E-state index contributed by atoms with van der Waals surface area (Å²) in [6, 6.07) is 8.26. The first-order valence-electron chi connectivity index (χ1n) is 12.5. The zero-order valence-corrected chi connectivity index (χ0v) is 23.8. The molecule has 2 fully saturated rings. The smallest absolute Gasteiger partial charge is 0.314 e. The van der Waals surface area contributed by atoms with Gasteiger partial charge in [0.1, 0.15) is 18.5 Å². The second-order valence-corrected chi connectivity index (χ2v) is 13.7. The molecular formula is C27H36Cl3FO6. The summed E-state index contributed by atoms with van der Waals surface area (Å²) < 4.78 is 24.3. The summed E-state index contributed by atoms with van der Waals surface area (Å²) in [6.07, 6.45) is -3.06. The molecule has 208 valence electrons. The van der Waals surface area contributed by atoms with Crippen molar-refractivity contribution in [3.8, 4) is 0 Å². The molecule has 1 aromatic rings. The summed E-state index contributed by atoms with van der Waals surface area (Å²) in [4.78, 5) is 25.1. The average molecular weight is 582 g/mol. The third-order valence-corrected chi connectivity index (χ3v) is 8.60. The number of fused-ring (bicyclic) bond motifs is 1. The molecule has 2 N–H and O–H groups in total. The Hall–Kier alpha value is -0.960. The molecular weight excluding hydrogens is 546 g/mol. The van der Waals surface area contributed by atoms with Gasteiger partial charge in [-0.1, -0.05) is 65.1 Å². The van der Waals surface area contributed by atoms with E-state index in [1.807, 2.05) is 0 Å². The molecule has 10 heteroatoms. The Morgan fingerprint density at radius 3 is 2.35 bits per heavy atom. The van der Waals surface area contributed by atoms with Gasteiger partial charge in [0.05, 0.1) is 17.1 Å². The Labute approximate surface area is 232 Å². The normalized spacial score (nSPS) is 26.4. The lowest BCUT2D eigenvalue weighted by molar-refractivity contribution is -0.174. The van der Waals surface area contributed by atoms with E-state index in [4.69, 9.17) is 44.3 Å². The van der Waals surface area contributed by atoms with E-state index in [2.05, 4.69) is 0 Å². The molecule has 2 aliphatic carbocycles. The van der Waals surface area contributed by atoms with Gasteiger partial charge in [-0.2, -0.15) is 0 Å². The van der Waals surface area contributed by atoms with Crippen LogP contribution in [-0.2, 0) is 19.1 Å². The largest absolute Gasteiger partial charge is 0.461 e. The van der Waals surface area contributed by atoms with E-state index < -0.39 is 39.2 Å². The van der Waals surface area contributed by atoms with Crippen LogP contribution in [0.4, 0.5) is 4.39 Å². The maximum atomic E-state index is 14.8. The minimum absolute atomic E-state index is 0.0332. The lowest BCUT2D eigenvalue weighted by atomic mass is 9.77. The third-order valence-electron chi connectivity index (χ3n) is 8.27. The number of carbonyl (C=O) groups is 2. The number of halogens is 4. The fraction of sp³-hybridized carbons (Fsp3) is 0.704. The Balaban J connectivity index is 1.49. The number of hydrogen-bond donors (Lipinski definition) is 2. The molecule has 2 aliphatic rings. The standard InChI is InChI=1S/C27H36Cl3FO6/c1-25(2,24(35)36-14-27(28,29)30)26(3,4)37-12-8-11-16-18(32)13-17-19(16)20(17)22(33)23(34)21(31)15-9-6-5-7-10-15/h5-7,9-10,16-17,19-23,33-34H,8,11-14H2,1-4H3. The van der Waals surface area contributed by atoms with Crippen LogP contribution in [0.15, 0.2) is 30.3 Å². The SMILES string of the molecule is CC(C)(OCCCC1C(=O)CC2C1C2C(O)C(O)C(F)c1ccccc1)C(C)(C)C(=O)OCC(Cl)(Cl)Cl. The minimum atomic E-state index is -1.71. The number of rotatable bonds is 12. The fourth-order valence-electron chi connectivity index (χ4n) is 5.32. The van der Waals surface area contributed by atoms with Gasteiger partial charge < -0.3 is 19.7 Å². The van der Waals surface area contributed by atoms with Crippen molar-refractivity contribution in [3.05, 3.63) is 35.9 Å². The fourth-order valence-corrected chi connectivity index (χ4v) is 5.48. The van der Waals surface area contributed by atoms with Gasteiger partial charge >= 0.3 is 5.97 Å². The molecule has 0 bridgehead atoms. The lowest BCUT2D eigenvalue weighted by Gasteiger charge is -2.39. The summed E-state index contributed by atoms with van der Waals surface area (Å²) in [5.41, 5.74) is -1.64. The number of ketones is 1. The molecule has 0 radical (unpaired) electrons. The maximum Gasteiger partial charge on any atom is 0.314 e. The van der Waals surface area contributed by atoms with Crippen LogP contribution in [0, 0.1) is 29.1 Å². The van der Waals surface area contributed by atoms with Crippen molar-refractivity contribution in [2.45, 2.75) is 74.7 Å². The highest BCUT2D eigenvalue weighted by atomic mass is 35.6. The Morgan fingerprint density at radius 2 is 1.76 bits per heavy atom. The quantitative estimate of drug-likeness (QED) is 0.195. The van der Waals surface area contributed by atoms with Gasteiger partial charge in [0.25, 0.3) is 0 Å². The zero-order valence-electron chi connectivity index (χ0n) is 21.5. The zero-order chi connectivity index (χ0) is 27.8. The Kier molecular flexibility index (Phi) is 9.63.